The Hall–Kier alpha value is -1.30. The molecule has 1 saturated carbocycles. The fourth-order valence-electron chi connectivity index (χ4n) is 3.61. The quantitative estimate of drug-likeness (QED) is 0.721. The number of carbonyl (C=O) groups is 2. The minimum absolute atomic E-state index is 0. The van der Waals surface area contributed by atoms with Gasteiger partial charge in [-0.05, 0) is 50.4 Å². The van der Waals surface area contributed by atoms with Gasteiger partial charge < -0.3 is 16.0 Å². The van der Waals surface area contributed by atoms with Gasteiger partial charge in [-0.1, -0.05) is 30.9 Å². The van der Waals surface area contributed by atoms with E-state index in [0.717, 1.165) is 45.1 Å². The molecule has 3 rings (SSSR count). The van der Waals surface area contributed by atoms with Gasteiger partial charge in [-0.3, -0.25) is 9.59 Å². The third kappa shape index (κ3) is 5.60. The molecule has 1 unspecified atom stereocenters. The molecule has 1 saturated heterocycles. The number of amides is 2. The van der Waals surface area contributed by atoms with Crippen molar-refractivity contribution in [2.24, 2.45) is 5.92 Å². The molecule has 1 aromatic carbocycles. The lowest BCUT2D eigenvalue weighted by molar-refractivity contribution is -0.120. The fraction of sp³-hybridized carbons (Fsp3) is 0.579. The third-order valence-electron chi connectivity index (χ3n) is 5.09. The van der Waals surface area contributed by atoms with Crippen LogP contribution < -0.4 is 16.0 Å². The highest BCUT2D eigenvalue weighted by Gasteiger charge is 2.22. The zero-order valence-electron chi connectivity index (χ0n) is 14.9. The van der Waals surface area contributed by atoms with Crippen LogP contribution in [0.2, 0.25) is 5.02 Å². The first kappa shape index (κ1) is 21.0. The fourth-order valence-corrected chi connectivity index (χ4v) is 3.81. The van der Waals surface area contributed by atoms with Crippen molar-refractivity contribution < 1.29 is 9.59 Å². The predicted octanol–water partition coefficient (Wildman–Crippen LogP) is 3.76. The van der Waals surface area contributed by atoms with Crippen LogP contribution in [0.15, 0.2) is 18.2 Å². The first-order valence-corrected chi connectivity index (χ1v) is 9.63. The van der Waals surface area contributed by atoms with Crippen LogP contribution in [0.4, 0.5) is 5.69 Å². The van der Waals surface area contributed by atoms with E-state index in [1.165, 1.54) is 6.42 Å². The Morgan fingerprint density at radius 1 is 1.08 bits per heavy atom. The molecule has 144 valence electrons. The highest BCUT2D eigenvalue weighted by atomic mass is 35.5. The number of anilines is 1. The Labute approximate surface area is 166 Å². The molecule has 5 nitrogen and oxygen atoms in total. The maximum absolute atomic E-state index is 12.6. The minimum Gasteiger partial charge on any atom is -0.349 e. The normalized spacial score (nSPS) is 20.7. The number of nitrogens with one attached hydrogen (secondary N) is 3. The molecule has 2 aliphatic rings. The molecule has 3 N–H and O–H groups in total. The number of hydrogen-bond donors (Lipinski definition) is 3. The van der Waals surface area contributed by atoms with Crippen molar-refractivity contribution in [1.82, 2.24) is 10.6 Å². The van der Waals surface area contributed by atoms with Crippen LogP contribution in [0.3, 0.4) is 0 Å². The van der Waals surface area contributed by atoms with Crippen molar-refractivity contribution in [2.75, 3.05) is 18.4 Å². The molecule has 7 heteroatoms. The molecule has 2 amide bonds. The SMILES string of the molecule is Cl.O=C(NC1CCCCC1)c1cc(NC(=O)C2CCCNC2)ccc1Cl. The van der Waals surface area contributed by atoms with Crippen LogP contribution in [0, 0.1) is 5.92 Å². The van der Waals surface area contributed by atoms with E-state index < -0.39 is 0 Å². The molecule has 2 fully saturated rings. The van der Waals surface area contributed by atoms with E-state index in [-0.39, 0.29) is 36.2 Å². The maximum atomic E-state index is 12.6. The second kappa shape index (κ2) is 10.1. The van der Waals surface area contributed by atoms with E-state index in [9.17, 15) is 9.59 Å². The Bertz CT molecular complexity index is 627. The average molecular weight is 400 g/mol. The number of hydrogen-bond acceptors (Lipinski definition) is 3. The second-order valence-corrected chi connectivity index (χ2v) is 7.44. The molecule has 0 spiro atoms. The first-order chi connectivity index (χ1) is 12.1. The Morgan fingerprint density at radius 3 is 2.54 bits per heavy atom. The summed E-state index contributed by atoms with van der Waals surface area (Å²) in [5.41, 5.74) is 1.04. The Morgan fingerprint density at radius 2 is 1.85 bits per heavy atom. The molecule has 26 heavy (non-hydrogen) atoms. The van der Waals surface area contributed by atoms with E-state index in [4.69, 9.17) is 11.6 Å². The summed E-state index contributed by atoms with van der Waals surface area (Å²) in [7, 11) is 0. The number of benzene rings is 1. The molecule has 1 aliphatic carbocycles. The van der Waals surface area contributed by atoms with Gasteiger partial charge in [0, 0.05) is 18.3 Å². The van der Waals surface area contributed by atoms with Crippen LogP contribution >= 0.6 is 24.0 Å². The monoisotopic (exact) mass is 399 g/mol. The van der Waals surface area contributed by atoms with Crippen molar-refractivity contribution >= 4 is 41.5 Å². The summed E-state index contributed by atoms with van der Waals surface area (Å²) in [6, 6.07) is 5.32. The summed E-state index contributed by atoms with van der Waals surface area (Å²) >= 11 is 6.21. The van der Waals surface area contributed by atoms with E-state index in [1.54, 1.807) is 18.2 Å². The number of carbonyl (C=O) groups excluding carboxylic acids is 2. The number of piperidine rings is 1. The van der Waals surface area contributed by atoms with Crippen LogP contribution in [0.1, 0.15) is 55.3 Å². The summed E-state index contributed by atoms with van der Waals surface area (Å²) in [6.07, 6.45) is 7.50. The summed E-state index contributed by atoms with van der Waals surface area (Å²) in [5.74, 6) is -0.190. The van der Waals surface area contributed by atoms with Crippen LogP contribution in [0.25, 0.3) is 0 Å². The van der Waals surface area contributed by atoms with Gasteiger partial charge in [0.05, 0.1) is 16.5 Å². The standard InChI is InChI=1S/C19H26ClN3O2.ClH/c20-17-9-8-15(23-18(24)13-5-4-10-21-12-13)11-16(17)19(25)22-14-6-2-1-3-7-14;/h8-9,11,13-14,21H,1-7,10,12H2,(H,22,25)(H,23,24);1H. The van der Waals surface area contributed by atoms with Crippen molar-refractivity contribution in [3.63, 3.8) is 0 Å². The van der Waals surface area contributed by atoms with E-state index in [2.05, 4.69) is 16.0 Å². The van der Waals surface area contributed by atoms with Gasteiger partial charge in [-0.25, -0.2) is 0 Å². The average Bonchev–Trinajstić information content (AvgIpc) is 2.64. The van der Waals surface area contributed by atoms with Crippen LogP contribution in [0.5, 0.6) is 0 Å². The van der Waals surface area contributed by atoms with Gasteiger partial charge in [0.15, 0.2) is 0 Å². The molecule has 1 aliphatic heterocycles. The van der Waals surface area contributed by atoms with Gasteiger partial charge in [0.2, 0.25) is 5.91 Å². The van der Waals surface area contributed by atoms with Crippen molar-refractivity contribution in [1.29, 1.82) is 0 Å². The number of rotatable bonds is 4. The van der Waals surface area contributed by atoms with Gasteiger partial charge >= 0.3 is 0 Å². The third-order valence-corrected chi connectivity index (χ3v) is 5.42. The summed E-state index contributed by atoms with van der Waals surface area (Å²) in [6.45, 7) is 1.67. The van der Waals surface area contributed by atoms with Gasteiger partial charge in [-0.2, -0.15) is 0 Å². The zero-order chi connectivity index (χ0) is 17.6. The van der Waals surface area contributed by atoms with E-state index in [1.807, 2.05) is 0 Å². The van der Waals surface area contributed by atoms with Crippen molar-refractivity contribution in [2.45, 2.75) is 51.0 Å². The highest BCUT2D eigenvalue weighted by Crippen LogP contribution is 2.23. The Balaban J connectivity index is 0.00000243. The summed E-state index contributed by atoms with van der Waals surface area (Å²) in [5, 5.41) is 9.64. The van der Waals surface area contributed by atoms with E-state index in [0.29, 0.717) is 22.8 Å². The largest absolute Gasteiger partial charge is 0.349 e. The molecule has 0 radical (unpaired) electrons. The summed E-state index contributed by atoms with van der Waals surface area (Å²) < 4.78 is 0. The lowest BCUT2D eigenvalue weighted by Crippen LogP contribution is -2.37. The number of halogens is 2. The zero-order valence-corrected chi connectivity index (χ0v) is 16.4. The lowest BCUT2D eigenvalue weighted by Gasteiger charge is -2.23. The molecular formula is C19H27Cl2N3O2. The first-order valence-electron chi connectivity index (χ1n) is 9.25. The van der Waals surface area contributed by atoms with Gasteiger partial charge in [0.1, 0.15) is 0 Å². The molecule has 1 aromatic rings. The molecule has 0 aromatic heterocycles. The van der Waals surface area contributed by atoms with Gasteiger partial charge in [-0.15, -0.1) is 12.4 Å². The van der Waals surface area contributed by atoms with Gasteiger partial charge in [0.25, 0.3) is 5.91 Å². The predicted molar refractivity (Wildman–Crippen MR) is 107 cm³/mol. The van der Waals surface area contributed by atoms with E-state index >= 15 is 0 Å². The molecular weight excluding hydrogens is 373 g/mol. The van der Waals surface area contributed by atoms with Crippen molar-refractivity contribution in [3.8, 4) is 0 Å². The highest BCUT2D eigenvalue weighted by molar-refractivity contribution is 6.34. The maximum Gasteiger partial charge on any atom is 0.253 e. The minimum atomic E-state index is -0.160. The molecule has 1 atom stereocenters. The smallest absolute Gasteiger partial charge is 0.253 e. The van der Waals surface area contributed by atoms with Crippen LogP contribution in [-0.2, 0) is 4.79 Å². The molecule has 1 heterocycles. The molecule has 0 bridgehead atoms. The van der Waals surface area contributed by atoms with Crippen molar-refractivity contribution in [3.05, 3.63) is 28.8 Å². The second-order valence-electron chi connectivity index (χ2n) is 7.04. The summed E-state index contributed by atoms with van der Waals surface area (Å²) in [4.78, 5) is 24.9. The topological polar surface area (TPSA) is 70.2 Å². The lowest BCUT2D eigenvalue weighted by atomic mass is 9.95. The van der Waals surface area contributed by atoms with Crippen LogP contribution in [-0.4, -0.2) is 30.9 Å². The Kier molecular flexibility index (Phi) is 8.19.